The number of nitrogens with two attached hydrogens (primary N) is 1. The molecule has 112 valence electrons. The summed E-state index contributed by atoms with van der Waals surface area (Å²) in [7, 11) is 1.93. The van der Waals surface area contributed by atoms with Crippen LogP contribution in [0.2, 0.25) is 0 Å². The predicted octanol–water partition coefficient (Wildman–Crippen LogP) is 3.53. The minimum atomic E-state index is 0.1000. The quantitative estimate of drug-likeness (QED) is 0.923. The SMILES string of the molecule is CC1CCCC(N(C)C(=O)c2ccc3nc(N)sc3c2)C1. The summed E-state index contributed by atoms with van der Waals surface area (Å²) in [5.41, 5.74) is 7.31. The highest BCUT2D eigenvalue weighted by Gasteiger charge is 2.26. The van der Waals surface area contributed by atoms with E-state index in [9.17, 15) is 4.79 Å². The molecule has 4 nitrogen and oxygen atoms in total. The summed E-state index contributed by atoms with van der Waals surface area (Å²) in [5, 5.41) is 0.545. The van der Waals surface area contributed by atoms with E-state index in [4.69, 9.17) is 5.73 Å². The molecule has 0 radical (unpaired) electrons. The largest absolute Gasteiger partial charge is 0.375 e. The zero-order valence-electron chi connectivity index (χ0n) is 12.5. The van der Waals surface area contributed by atoms with Crippen LogP contribution in [0.15, 0.2) is 18.2 Å². The maximum Gasteiger partial charge on any atom is 0.253 e. The molecule has 1 heterocycles. The van der Waals surface area contributed by atoms with E-state index in [1.807, 2.05) is 30.1 Å². The fraction of sp³-hybridized carbons (Fsp3) is 0.500. The monoisotopic (exact) mass is 303 g/mol. The van der Waals surface area contributed by atoms with Crippen LogP contribution in [-0.2, 0) is 0 Å². The Morgan fingerprint density at radius 2 is 2.24 bits per heavy atom. The van der Waals surface area contributed by atoms with Crippen molar-refractivity contribution in [2.75, 3.05) is 12.8 Å². The number of thiazole rings is 1. The zero-order chi connectivity index (χ0) is 15.0. The van der Waals surface area contributed by atoms with Gasteiger partial charge in [0.1, 0.15) is 0 Å². The highest BCUT2D eigenvalue weighted by atomic mass is 32.1. The first-order chi connectivity index (χ1) is 10.0. The molecule has 1 aromatic heterocycles. The van der Waals surface area contributed by atoms with Crippen molar-refractivity contribution >= 4 is 32.6 Å². The second kappa shape index (κ2) is 5.64. The fourth-order valence-electron chi connectivity index (χ4n) is 3.20. The van der Waals surface area contributed by atoms with Crippen LogP contribution in [0.5, 0.6) is 0 Å². The topological polar surface area (TPSA) is 59.2 Å². The number of rotatable bonds is 2. The maximum absolute atomic E-state index is 12.7. The number of carbonyl (C=O) groups is 1. The van der Waals surface area contributed by atoms with Crippen molar-refractivity contribution in [3.8, 4) is 0 Å². The Kier molecular flexibility index (Phi) is 3.85. The Bertz CT molecular complexity index is 667. The van der Waals surface area contributed by atoms with Crippen LogP contribution in [0.1, 0.15) is 43.0 Å². The summed E-state index contributed by atoms with van der Waals surface area (Å²) in [6.45, 7) is 2.27. The molecule has 0 aliphatic heterocycles. The number of nitrogens with zero attached hydrogens (tertiary/aromatic N) is 2. The average Bonchev–Trinajstić information content (AvgIpc) is 2.84. The minimum Gasteiger partial charge on any atom is -0.375 e. The van der Waals surface area contributed by atoms with Crippen LogP contribution in [0.25, 0.3) is 10.2 Å². The van der Waals surface area contributed by atoms with Gasteiger partial charge in [-0.25, -0.2) is 4.98 Å². The van der Waals surface area contributed by atoms with Gasteiger partial charge in [0, 0.05) is 18.7 Å². The van der Waals surface area contributed by atoms with Gasteiger partial charge in [-0.2, -0.15) is 0 Å². The molecule has 0 saturated heterocycles. The number of hydrogen-bond donors (Lipinski definition) is 1. The average molecular weight is 303 g/mol. The molecule has 2 N–H and O–H groups in total. The van der Waals surface area contributed by atoms with Gasteiger partial charge in [-0.3, -0.25) is 4.79 Å². The second-order valence-electron chi connectivity index (χ2n) is 6.08. The van der Waals surface area contributed by atoms with Gasteiger partial charge in [0.2, 0.25) is 0 Å². The molecule has 1 amide bonds. The highest BCUT2D eigenvalue weighted by Crippen LogP contribution is 2.29. The fourth-order valence-corrected chi connectivity index (χ4v) is 3.97. The third-order valence-electron chi connectivity index (χ3n) is 4.43. The number of carbonyl (C=O) groups excluding carboxylic acids is 1. The number of aromatic nitrogens is 1. The predicted molar refractivity (Wildman–Crippen MR) is 87.5 cm³/mol. The van der Waals surface area contributed by atoms with Crippen molar-refractivity contribution in [2.24, 2.45) is 5.92 Å². The molecule has 21 heavy (non-hydrogen) atoms. The third kappa shape index (κ3) is 2.88. The van der Waals surface area contributed by atoms with Crippen molar-refractivity contribution in [3.63, 3.8) is 0 Å². The molecule has 3 rings (SSSR count). The first-order valence-corrected chi connectivity index (χ1v) is 8.29. The van der Waals surface area contributed by atoms with Crippen molar-refractivity contribution in [1.29, 1.82) is 0 Å². The molecule has 2 atom stereocenters. The normalized spacial score (nSPS) is 22.4. The summed E-state index contributed by atoms with van der Waals surface area (Å²) in [6, 6.07) is 6.01. The Balaban J connectivity index is 1.81. The van der Waals surface area contributed by atoms with Crippen molar-refractivity contribution in [1.82, 2.24) is 9.88 Å². The van der Waals surface area contributed by atoms with E-state index in [-0.39, 0.29) is 5.91 Å². The number of nitrogen functional groups attached to an aromatic ring is 1. The molecule has 0 spiro atoms. The van der Waals surface area contributed by atoms with Gasteiger partial charge in [0.25, 0.3) is 5.91 Å². The second-order valence-corrected chi connectivity index (χ2v) is 7.14. The van der Waals surface area contributed by atoms with Crippen LogP contribution in [0, 0.1) is 5.92 Å². The van der Waals surface area contributed by atoms with Crippen LogP contribution in [0.3, 0.4) is 0 Å². The minimum absolute atomic E-state index is 0.1000. The number of amides is 1. The lowest BCUT2D eigenvalue weighted by atomic mass is 9.86. The molecule has 0 bridgehead atoms. The first kappa shape index (κ1) is 14.3. The molecule has 1 aliphatic rings. The summed E-state index contributed by atoms with van der Waals surface area (Å²) < 4.78 is 0.976. The van der Waals surface area contributed by atoms with E-state index in [0.717, 1.165) is 28.6 Å². The van der Waals surface area contributed by atoms with E-state index >= 15 is 0 Å². The van der Waals surface area contributed by atoms with Crippen molar-refractivity contribution in [2.45, 2.75) is 38.6 Å². The van der Waals surface area contributed by atoms with Crippen LogP contribution >= 0.6 is 11.3 Å². The van der Waals surface area contributed by atoms with Gasteiger partial charge < -0.3 is 10.6 Å². The molecule has 1 aromatic carbocycles. The summed E-state index contributed by atoms with van der Waals surface area (Å²) in [5.74, 6) is 0.811. The van der Waals surface area contributed by atoms with Crippen LogP contribution < -0.4 is 5.73 Å². The molecular weight excluding hydrogens is 282 g/mol. The number of fused-ring (bicyclic) bond motifs is 1. The van der Waals surface area contributed by atoms with Gasteiger partial charge in [-0.1, -0.05) is 31.1 Å². The molecule has 5 heteroatoms. The van der Waals surface area contributed by atoms with Crippen LogP contribution in [0.4, 0.5) is 5.13 Å². The van der Waals surface area contributed by atoms with Gasteiger partial charge in [-0.15, -0.1) is 0 Å². The highest BCUT2D eigenvalue weighted by molar-refractivity contribution is 7.22. The van der Waals surface area contributed by atoms with Gasteiger partial charge in [-0.05, 0) is 37.0 Å². The lowest BCUT2D eigenvalue weighted by molar-refractivity contribution is 0.0672. The van der Waals surface area contributed by atoms with Crippen molar-refractivity contribution in [3.05, 3.63) is 23.8 Å². The van der Waals surface area contributed by atoms with Gasteiger partial charge in [0.05, 0.1) is 10.2 Å². The summed E-state index contributed by atoms with van der Waals surface area (Å²) in [4.78, 5) is 18.8. The van der Waals surface area contributed by atoms with E-state index < -0.39 is 0 Å². The Morgan fingerprint density at radius 1 is 1.43 bits per heavy atom. The standard InChI is InChI=1S/C16H21N3OS/c1-10-4-3-5-12(8-10)19(2)15(20)11-6-7-13-14(9-11)21-16(17)18-13/h6-7,9-10,12H,3-5,8H2,1-2H3,(H2,17,18). The number of hydrogen-bond acceptors (Lipinski definition) is 4. The maximum atomic E-state index is 12.7. The smallest absolute Gasteiger partial charge is 0.253 e. The van der Waals surface area contributed by atoms with E-state index in [0.29, 0.717) is 17.1 Å². The van der Waals surface area contributed by atoms with Crippen molar-refractivity contribution < 1.29 is 4.79 Å². The number of benzene rings is 1. The Hall–Kier alpha value is -1.62. The lowest BCUT2D eigenvalue weighted by Gasteiger charge is -2.34. The van der Waals surface area contributed by atoms with E-state index in [1.165, 1.54) is 24.2 Å². The summed E-state index contributed by atoms with van der Waals surface area (Å²) in [6.07, 6.45) is 4.72. The Labute approximate surface area is 129 Å². The molecular formula is C16H21N3OS. The number of anilines is 1. The van der Waals surface area contributed by atoms with Gasteiger partial charge in [0.15, 0.2) is 5.13 Å². The van der Waals surface area contributed by atoms with Gasteiger partial charge >= 0.3 is 0 Å². The van der Waals surface area contributed by atoms with Crippen LogP contribution in [-0.4, -0.2) is 28.9 Å². The zero-order valence-corrected chi connectivity index (χ0v) is 13.3. The molecule has 2 unspecified atom stereocenters. The molecule has 1 fully saturated rings. The molecule has 2 aromatic rings. The summed E-state index contributed by atoms with van der Waals surface area (Å²) >= 11 is 1.43. The van der Waals surface area contributed by atoms with E-state index in [1.54, 1.807) is 0 Å². The molecule has 1 aliphatic carbocycles. The lowest BCUT2D eigenvalue weighted by Crippen LogP contribution is -2.39. The third-order valence-corrected chi connectivity index (χ3v) is 5.28. The Morgan fingerprint density at radius 3 is 3.00 bits per heavy atom. The first-order valence-electron chi connectivity index (χ1n) is 7.48. The van der Waals surface area contributed by atoms with E-state index in [2.05, 4.69) is 11.9 Å². The molecule has 1 saturated carbocycles.